The number of nitrogens with zero attached hydrogens (tertiary/aromatic N) is 3. The lowest BCUT2D eigenvalue weighted by Crippen LogP contribution is -2.40. The fraction of sp³-hybridized carbons (Fsp3) is 0.571. The molecule has 0 spiro atoms. The highest BCUT2D eigenvalue weighted by Crippen LogP contribution is 2.12. The Morgan fingerprint density at radius 1 is 0.867 bits per heavy atom. The molecule has 0 aromatic heterocycles. The van der Waals surface area contributed by atoms with Crippen LogP contribution in [0.3, 0.4) is 0 Å². The Labute approximate surface area is 180 Å². The van der Waals surface area contributed by atoms with Crippen molar-refractivity contribution in [2.75, 3.05) is 40.3 Å². The first kappa shape index (κ1) is 25.1. The molecule has 0 aliphatic carbocycles. The Bertz CT molecular complexity index is 670. The summed E-state index contributed by atoms with van der Waals surface area (Å²) in [6.45, 7) is 2.89. The van der Waals surface area contributed by atoms with Crippen LogP contribution in [0, 0.1) is 10.8 Å². The number of hydrogen-bond donors (Lipinski definition) is 5. The van der Waals surface area contributed by atoms with Gasteiger partial charge >= 0.3 is 0 Å². The zero-order valence-electron chi connectivity index (χ0n) is 18.4. The Hall–Kier alpha value is -2.97. The summed E-state index contributed by atoms with van der Waals surface area (Å²) >= 11 is 0. The number of nitrogens with two attached hydrogens (primary N) is 3. The summed E-state index contributed by atoms with van der Waals surface area (Å²) in [6, 6.07) is 7.19. The third-order valence-corrected chi connectivity index (χ3v) is 4.74. The highest BCUT2D eigenvalue weighted by atomic mass is 16.5. The normalized spacial score (nSPS) is 10.3. The van der Waals surface area contributed by atoms with Crippen molar-refractivity contribution < 1.29 is 4.74 Å². The molecule has 0 amide bonds. The minimum Gasteiger partial charge on any atom is -0.494 e. The fourth-order valence-electron chi connectivity index (χ4n) is 2.92. The number of rotatable bonds is 14. The van der Waals surface area contributed by atoms with Crippen molar-refractivity contribution in [3.8, 4) is 5.75 Å². The van der Waals surface area contributed by atoms with Crippen molar-refractivity contribution in [2.45, 2.75) is 38.5 Å². The third-order valence-electron chi connectivity index (χ3n) is 4.74. The number of aliphatic imine (C=N–C) groups is 1. The van der Waals surface area contributed by atoms with E-state index in [-0.39, 0.29) is 11.8 Å². The largest absolute Gasteiger partial charge is 0.494 e. The molecule has 0 saturated carbocycles. The van der Waals surface area contributed by atoms with E-state index < -0.39 is 0 Å². The van der Waals surface area contributed by atoms with Gasteiger partial charge in [0.05, 0.1) is 6.61 Å². The SMILES string of the molecule is CN(CCCCCCCN=C(N)N)C(=N)N(C)CCCOc1ccc(C(=N)N)cc1. The standard InChI is InChI=1S/C21H38N8O/c1-28(14-7-5-3-4-6-13-27-20(24)25)21(26)29(2)15-8-16-30-18-11-9-17(10-12-18)19(22)23/h9-12,26H,3-8,13-16H2,1-2H3,(H3,22,23)(H4,24,25,27). The number of hydrogen-bond acceptors (Lipinski definition) is 4. The van der Waals surface area contributed by atoms with Crippen molar-refractivity contribution in [3.63, 3.8) is 0 Å². The van der Waals surface area contributed by atoms with Gasteiger partial charge in [0, 0.05) is 39.3 Å². The topological polar surface area (TPSA) is 154 Å². The van der Waals surface area contributed by atoms with Gasteiger partial charge < -0.3 is 31.7 Å². The molecule has 0 atom stereocenters. The van der Waals surface area contributed by atoms with Gasteiger partial charge in [0.15, 0.2) is 11.9 Å². The molecular weight excluding hydrogens is 380 g/mol. The molecular formula is C21H38N8O. The van der Waals surface area contributed by atoms with E-state index in [9.17, 15) is 0 Å². The lowest BCUT2D eigenvalue weighted by atomic mass is 10.1. The molecule has 1 aromatic carbocycles. The molecule has 1 rings (SSSR count). The second-order valence-electron chi connectivity index (χ2n) is 7.38. The molecule has 0 aliphatic heterocycles. The molecule has 0 heterocycles. The number of ether oxygens (including phenoxy) is 1. The first-order valence-corrected chi connectivity index (χ1v) is 10.4. The molecule has 9 nitrogen and oxygen atoms in total. The van der Waals surface area contributed by atoms with Crippen molar-refractivity contribution in [3.05, 3.63) is 29.8 Å². The summed E-state index contributed by atoms with van der Waals surface area (Å²) < 4.78 is 5.72. The van der Waals surface area contributed by atoms with Gasteiger partial charge in [-0.3, -0.25) is 15.8 Å². The van der Waals surface area contributed by atoms with E-state index in [4.69, 9.17) is 32.8 Å². The zero-order chi connectivity index (χ0) is 22.4. The van der Waals surface area contributed by atoms with Crippen LogP contribution in [0.5, 0.6) is 5.75 Å². The van der Waals surface area contributed by atoms with Crippen LogP contribution in [0.25, 0.3) is 0 Å². The third kappa shape index (κ3) is 10.5. The second kappa shape index (κ2) is 14.1. The first-order valence-electron chi connectivity index (χ1n) is 10.4. The maximum Gasteiger partial charge on any atom is 0.193 e. The highest BCUT2D eigenvalue weighted by molar-refractivity contribution is 5.94. The molecule has 0 unspecified atom stereocenters. The fourth-order valence-corrected chi connectivity index (χ4v) is 2.92. The van der Waals surface area contributed by atoms with Crippen molar-refractivity contribution in [1.29, 1.82) is 10.8 Å². The smallest absolute Gasteiger partial charge is 0.193 e. The van der Waals surface area contributed by atoms with E-state index in [0.29, 0.717) is 24.7 Å². The summed E-state index contributed by atoms with van der Waals surface area (Å²) in [5, 5.41) is 15.7. The summed E-state index contributed by atoms with van der Waals surface area (Å²) in [6.07, 6.45) is 6.30. The van der Waals surface area contributed by atoms with E-state index >= 15 is 0 Å². The molecule has 30 heavy (non-hydrogen) atoms. The van der Waals surface area contributed by atoms with E-state index in [1.165, 1.54) is 0 Å². The molecule has 0 saturated heterocycles. The van der Waals surface area contributed by atoms with Crippen molar-refractivity contribution in [2.24, 2.45) is 22.2 Å². The summed E-state index contributed by atoms with van der Waals surface area (Å²) in [5.74, 6) is 1.49. The maximum atomic E-state index is 8.32. The van der Waals surface area contributed by atoms with E-state index in [1.54, 1.807) is 12.1 Å². The number of guanidine groups is 2. The van der Waals surface area contributed by atoms with E-state index in [1.807, 2.05) is 36.0 Å². The van der Waals surface area contributed by atoms with Crippen LogP contribution in [-0.4, -0.2) is 67.9 Å². The predicted molar refractivity (Wildman–Crippen MR) is 124 cm³/mol. The van der Waals surface area contributed by atoms with Crippen LogP contribution >= 0.6 is 0 Å². The van der Waals surface area contributed by atoms with Crippen LogP contribution in [0.2, 0.25) is 0 Å². The molecule has 9 heteroatoms. The number of nitrogens with one attached hydrogen (secondary N) is 2. The van der Waals surface area contributed by atoms with Gasteiger partial charge in [-0.1, -0.05) is 19.3 Å². The summed E-state index contributed by atoms with van der Waals surface area (Å²) in [5.41, 5.74) is 16.7. The van der Waals surface area contributed by atoms with Crippen LogP contribution in [0.1, 0.15) is 44.1 Å². The lowest BCUT2D eigenvalue weighted by Gasteiger charge is -2.28. The van der Waals surface area contributed by atoms with Crippen molar-refractivity contribution in [1.82, 2.24) is 9.80 Å². The van der Waals surface area contributed by atoms with Gasteiger partial charge in [-0.15, -0.1) is 0 Å². The number of nitrogen functional groups attached to an aromatic ring is 1. The van der Waals surface area contributed by atoms with Crippen LogP contribution in [0.4, 0.5) is 0 Å². The van der Waals surface area contributed by atoms with Gasteiger partial charge in [-0.05, 0) is 43.5 Å². The Morgan fingerprint density at radius 3 is 2.03 bits per heavy atom. The van der Waals surface area contributed by atoms with E-state index in [0.717, 1.165) is 57.4 Å². The molecule has 168 valence electrons. The van der Waals surface area contributed by atoms with Gasteiger partial charge in [0.25, 0.3) is 0 Å². The predicted octanol–water partition coefficient (Wildman–Crippen LogP) is 1.76. The zero-order valence-corrected chi connectivity index (χ0v) is 18.4. The first-order chi connectivity index (χ1) is 14.3. The second-order valence-corrected chi connectivity index (χ2v) is 7.38. The molecule has 1 aromatic rings. The maximum absolute atomic E-state index is 8.32. The minimum absolute atomic E-state index is 0.0497. The molecule has 8 N–H and O–H groups in total. The Kier molecular flexibility index (Phi) is 11.8. The monoisotopic (exact) mass is 418 g/mol. The van der Waals surface area contributed by atoms with Crippen LogP contribution in [-0.2, 0) is 0 Å². The van der Waals surface area contributed by atoms with Crippen LogP contribution in [0.15, 0.2) is 29.3 Å². The van der Waals surface area contributed by atoms with Gasteiger partial charge in [0.1, 0.15) is 11.6 Å². The average molecular weight is 419 g/mol. The highest BCUT2D eigenvalue weighted by Gasteiger charge is 2.09. The van der Waals surface area contributed by atoms with Crippen LogP contribution < -0.4 is 21.9 Å². The molecule has 0 bridgehead atoms. The Morgan fingerprint density at radius 2 is 1.43 bits per heavy atom. The summed E-state index contributed by atoms with van der Waals surface area (Å²) in [7, 11) is 3.90. The Balaban J connectivity index is 2.13. The molecule has 0 fully saturated rings. The number of benzene rings is 1. The minimum atomic E-state index is 0.0497. The molecule has 0 radical (unpaired) electrons. The van der Waals surface area contributed by atoms with Crippen molar-refractivity contribution >= 4 is 17.8 Å². The number of unbranched alkanes of at least 4 members (excludes halogenated alkanes) is 4. The van der Waals surface area contributed by atoms with Gasteiger partial charge in [-0.25, -0.2) is 0 Å². The average Bonchev–Trinajstić information content (AvgIpc) is 2.72. The van der Waals surface area contributed by atoms with E-state index in [2.05, 4.69) is 4.99 Å². The number of amidine groups is 1. The van der Waals surface area contributed by atoms with Gasteiger partial charge in [-0.2, -0.15) is 0 Å². The molecule has 0 aliphatic rings. The summed E-state index contributed by atoms with van der Waals surface area (Å²) in [4.78, 5) is 7.91. The van der Waals surface area contributed by atoms with Gasteiger partial charge in [0.2, 0.25) is 0 Å². The quantitative estimate of drug-likeness (QED) is 0.176. The lowest BCUT2D eigenvalue weighted by molar-refractivity contribution is 0.286.